The van der Waals surface area contributed by atoms with Gasteiger partial charge in [0.15, 0.2) is 41.1 Å². The Morgan fingerprint density at radius 1 is 1.15 bits per heavy atom. The first-order valence-electron chi connectivity index (χ1n) is 10.4. The highest BCUT2D eigenvalue weighted by molar-refractivity contribution is 7.92. The van der Waals surface area contributed by atoms with Crippen LogP contribution in [0, 0.1) is 11.6 Å². The molecule has 0 bridgehead atoms. The number of benzene rings is 1. The Hall–Kier alpha value is -2.92. The minimum atomic E-state index is -1.04. The minimum Gasteiger partial charge on any atom is -0.493 e. The van der Waals surface area contributed by atoms with Crippen LogP contribution in [0.3, 0.4) is 0 Å². The molecule has 1 amide bonds. The third kappa shape index (κ3) is 3.09. The molecule has 0 radical (unpaired) electrons. The zero-order valence-electron chi connectivity index (χ0n) is 18.0. The lowest BCUT2D eigenvalue weighted by molar-refractivity contribution is -0.126. The maximum Gasteiger partial charge on any atom is 0.238 e. The molecule has 2 aliphatic rings. The fraction of sp³-hybridized carbons (Fsp3) is 0.364. The Bertz CT molecular complexity index is 1230. The molecule has 2 aromatic heterocycles. The molecule has 1 fully saturated rings. The number of carbonyl (C=O) groups excluding carboxylic acids is 1. The van der Waals surface area contributed by atoms with Crippen molar-refractivity contribution in [1.29, 1.82) is 0 Å². The summed E-state index contributed by atoms with van der Waals surface area (Å²) >= 11 is 0.0205. The molecule has 1 aromatic carbocycles. The molecule has 1 spiro atoms. The smallest absolute Gasteiger partial charge is 0.238 e. The first kappa shape index (κ1) is 21.9. The molecule has 5 rings (SSSR count). The summed E-state index contributed by atoms with van der Waals surface area (Å²) in [4.78, 5) is 19.6. The number of amides is 1. The lowest BCUT2D eigenvalue weighted by Gasteiger charge is -2.45. The third-order valence-corrected chi connectivity index (χ3v) is 7.02. The number of aromatic nitrogens is 2. The number of fused-ring (bicyclic) bond motifs is 4. The minimum absolute atomic E-state index is 0.0205. The third-order valence-electron chi connectivity index (χ3n) is 6.57. The van der Waals surface area contributed by atoms with Gasteiger partial charge in [-0.2, -0.15) is 0 Å². The van der Waals surface area contributed by atoms with Gasteiger partial charge in [0, 0.05) is 23.8 Å². The molecule has 1 N–H and O–H groups in total. The number of ether oxygens (including phenoxy) is 2. The molecule has 33 heavy (non-hydrogen) atoms. The molecular formula is C22H21F3N4O3S. The van der Waals surface area contributed by atoms with Gasteiger partial charge in [-0.1, -0.05) is 0 Å². The summed E-state index contributed by atoms with van der Waals surface area (Å²) in [5.74, 6) is -2.84. The Balaban J connectivity index is 1.77. The summed E-state index contributed by atoms with van der Waals surface area (Å²) < 4.78 is 55.5. The Kier molecular flexibility index (Phi) is 5.40. The number of nitrogens with zero attached hydrogens (tertiary/aromatic N) is 3. The van der Waals surface area contributed by atoms with Crippen molar-refractivity contribution in [1.82, 2.24) is 14.3 Å². The van der Waals surface area contributed by atoms with Gasteiger partial charge in [-0.25, -0.2) is 17.7 Å². The Labute approximate surface area is 192 Å². The van der Waals surface area contributed by atoms with Crippen molar-refractivity contribution in [3.8, 4) is 11.5 Å². The van der Waals surface area contributed by atoms with Crippen LogP contribution in [0.15, 0.2) is 24.5 Å². The summed E-state index contributed by atoms with van der Waals surface area (Å²) in [6, 6.07) is 2.84. The first-order chi connectivity index (χ1) is 16.0. The quantitative estimate of drug-likeness (QED) is 0.614. The van der Waals surface area contributed by atoms with Crippen molar-refractivity contribution < 1.29 is 26.9 Å². The van der Waals surface area contributed by atoms with Crippen LogP contribution in [-0.2, 0) is 16.8 Å². The van der Waals surface area contributed by atoms with Crippen molar-refractivity contribution >= 4 is 35.0 Å². The summed E-state index contributed by atoms with van der Waals surface area (Å²) in [7, 11) is 2.52. The molecule has 7 nitrogen and oxygen atoms in total. The number of hydrogen-bond acceptors (Lipinski definition) is 6. The zero-order chi connectivity index (χ0) is 23.3. The molecule has 0 unspecified atom stereocenters. The van der Waals surface area contributed by atoms with Gasteiger partial charge >= 0.3 is 0 Å². The topological polar surface area (TPSA) is 68.6 Å². The van der Waals surface area contributed by atoms with E-state index >= 15 is 8.78 Å². The van der Waals surface area contributed by atoms with Crippen LogP contribution in [0.4, 0.5) is 18.4 Å². The van der Waals surface area contributed by atoms with E-state index in [4.69, 9.17) is 9.47 Å². The van der Waals surface area contributed by atoms with Crippen LogP contribution in [0.1, 0.15) is 24.0 Å². The Morgan fingerprint density at radius 3 is 2.42 bits per heavy atom. The standard InChI is InChI=1S/C22H21F3N4O3S/c1-31-14-9-15(32-2)18(24)19(17(14)23)28-11-12-10-27-20-13(3-8-29(20)33-25)16(12)22(21(28)30)4-6-26-7-5-22/h3,8-10,26H,4-7,11H2,1-2H3. The number of hydrogen-bond donors (Lipinski definition) is 1. The first-order valence-corrected chi connectivity index (χ1v) is 11.1. The zero-order valence-corrected chi connectivity index (χ0v) is 18.8. The highest BCUT2D eigenvalue weighted by Crippen LogP contribution is 2.48. The van der Waals surface area contributed by atoms with E-state index in [1.165, 1.54) is 18.2 Å². The number of anilines is 1. The van der Waals surface area contributed by atoms with E-state index in [2.05, 4.69) is 10.3 Å². The van der Waals surface area contributed by atoms with Crippen LogP contribution in [-0.4, -0.2) is 42.2 Å². The lowest BCUT2D eigenvalue weighted by atomic mass is 9.67. The molecule has 1 saturated heterocycles. The van der Waals surface area contributed by atoms with Crippen LogP contribution < -0.4 is 19.7 Å². The van der Waals surface area contributed by atoms with Gasteiger partial charge < -0.3 is 19.7 Å². The van der Waals surface area contributed by atoms with E-state index in [1.54, 1.807) is 18.5 Å². The fourth-order valence-corrected chi connectivity index (χ4v) is 5.38. The van der Waals surface area contributed by atoms with Gasteiger partial charge in [0.2, 0.25) is 5.91 Å². The van der Waals surface area contributed by atoms with Crippen molar-refractivity contribution in [2.75, 3.05) is 32.2 Å². The number of pyridine rings is 1. The van der Waals surface area contributed by atoms with Crippen molar-refractivity contribution in [2.45, 2.75) is 24.8 Å². The van der Waals surface area contributed by atoms with Gasteiger partial charge in [0.05, 0.1) is 26.2 Å². The van der Waals surface area contributed by atoms with E-state index in [9.17, 15) is 8.68 Å². The number of halogens is 3. The molecular weight excluding hydrogens is 457 g/mol. The van der Waals surface area contributed by atoms with E-state index in [1.807, 2.05) is 0 Å². The average Bonchev–Trinajstić information content (AvgIpc) is 3.26. The van der Waals surface area contributed by atoms with Crippen LogP contribution in [0.25, 0.3) is 11.0 Å². The largest absolute Gasteiger partial charge is 0.493 e. The van der Waals surface area contributed by atoms with E-state index in [-0.39, 0.29) is 30.4 Å². The maximum absolute atomic E-state index is 15.4. The van der Waals surface area contributed by atoms with Crippen molar-refractivity contribution in [3.63, 3.8) is 0 Å². The monoisotopic (exact) mass is 478 g/mol. The SMILES string of the molecule is COc1cc(OC)c(F)c(N2Cc3cnc4c(ccn4SF)c3C3(CCNCC3)C2=O)c1F. The Morgan fingerprint density at radius 2 is 1.82 bits per heavy atom. The van der Waals surface area contributed by atoms with E-state index < -0.39 is 28.6 Å². The second-order valence-electron chi connectivity index (χ2n) is 8.09. The summed E-state index contributed by atoms with van der Waals surface area (Å²) in [6.45, 7) is 1.01. The second kappa shape index (κ2) is 8.14. The summed E-state index contributed by atoms with van der Waals surface area (Å²) in [6.07, 6.45) is 3.96. The van der Waals surface area contributed by atoms with E-state index in [0.717, 1.165) is 16.5 Å². The molecule has 11 heteroatoms. The molecule has 2 aliphatic heterocycles. The fourth-order valence-electron chi connectivity index (χ4n) is 5.06. The van der Waals surface area contributed by atoms with Crippen LogP contribution in [0.5, 0.6) is 11.5 Å². The number of piperidine rings is 1. The van der Waals surface area contributed by atoms with Crippen LogP contribution in [0.2, 0.25) is 0 Å². The lowest BCUT2D eigenvalue weighted by Crippen LogP contribution is -2.56. The molecule has 174 valence electrons. The molecule has 3 aromatic rings. The van der Waals surface area contributed by atoms with Gasteiger partial charge in [-0.3, -0.25) is 4.79 Å². The number of rotatable bonds is 4. The molecule has 0 atom stereocenters. The molecule has 4 heterocycles. The highest BCUT2D eigenvalue weighted by Gasteiger charge is 2.50. The number of nitrogens with one attached hydrogen (secondary N) is 1. The number of methoxy groups -OCH3 is 2. The van der Waals surface area contributed by atoms with Crippen LogP contribution >= 0.6 is 12.3 Å². The summed E-state index contributed by atoms with van der Waals surface area (Å²) in [5, 5.41) is 3.91. The average molecular weight is 478 g/mol. The molecule has 0 aliphatic carbocycles. The van der Waals surface area contributed by atoms with Crippen molar-refractivity contribution in [3.05, 3.63) is 47.3 Å². The summed E-state index contributed by atoms with van der Waals surface area (Å²) in [5.41, 5.74) is 0.255. The molecule has 0 saturated carbocycles. The van der Waals surface area contributed by atoms with Crippen molar-refractivity contribution in [2.24, 2.45) is 0 Å². The van der Waals surface area contributed by atoms with Gasteiger partial charge in [0.1, 0.15) is 5.69 Å². The van der Waals surface area contributed by atoms with Gasteiger partial charge in [0.25, 0.3) is 0 Å². The predicted molar refractivity (Wildman–Crippen MR) is 118 cm³/mol. The highest BCUT2D eigenvalue weighted by atomic mass is 32.2. The maximum atomic E-state index is 15.4. The number of carbonyl (C=O) groups is 1. The van der Waals surface area contributed by atoms with Gasteiger partial charge in [-0.15, -0.1) is 3.89 Å². The van der Waals surface area contributed by atoms with E-state index in [0.29, 0.717) is 42.5 Å². The van der Waals surface area contributed by atoms with Gasteiger partial charge in [-0.05, 0) is 43.1 Å². The second-order valence-corrected chi connectivity index (χ2v) is 8.62. The predicted octanol–water partition coefficient (Wildman–Crippen LogP) is 3.88. The normalized spacial score (nSPS) is 17.5.